The van der Waals surface area contributed by atoms with E-state index < -0.39 is 0 Å². The van der Waals surface area contributed by atoms with E-state index in [1.54, 1.807) is 0 Å². The molecule has 9 rings (SSSR count). The lowest BCUT2D eigenvalue weighted by Crippen LogP contribution is -2.63. The second-order valence-electron chi connectivity index (χ2n) is 28.8. The van der Waals surface area contributed by atoms with E-state index in [4.69, 9.17) is 18.9 Å². The van der Waals surface area contributed by atoms with Crippen molar-refractivity contribution in [1.29, 1.82) is 0 Å². The summed E-state index contributed by atoms with van der Waals surface area (Å²) in [5.74, 6) is 3.19. The molecule has 90 heavy (non-hydrogen) atoms. The molecular weight excluding hydrogens is 1110 g/mol. The van der Waals surface area contributed by atoms with Gasteiger partial charge < -0.3 is 23.8 Å². The Morgan fingerprint density at radius 2 is 0.967 bits per heavy atom. The Labute approximate surface area is 547 Å². The normalized spacial score (nSPS) is 25.0. The monoisotopic (exact) mass is 1230 g/mol. The Morgan fingerprint density at radius 3 is 1.50 bits per heavy atom. The van der Waals surface area contributed by atoms with Gasteiger partial charge in [0.05, 0.1) is 18.3 Å². The van der Waals surface area contributed by atoms with E-state index in [2.05, 4.69) is 183 Å². The van der Waals surface area contributed by atoms with Crippen molar-refractivity contribution in [2.45, 2.75) is 233 Å². The van der Waals surface area contributed by atoms with Crippen LogP contribution in [-0.4, -0.2) is 85.1 Å². The Hall–Kier alpha value is -4.83. The fourth-order valence-electron chi connectivity index (χ4n) is 17.6. The zero-order valence-electron chi connectivity index (χ0n) is 56.8. The third-order valence-electron chi connectivity index (χ3n) is 22.5. The van der Waals surface area contributed by atoms with Gasteiger partial charge in [-0.25, -0.2) is 4.79 Å². The number of rotatable bonds is 40. The van der Waals surface area contributed by atoms with Crippen molar-refractivity contribution in [2.75, 3.05) is 46.0 Å². The van der Waals surface area contributed by atoms with Crippen LogP contribution in [0.15, 0.2) is 152 Å². The zero-order chi connectivity index (χ0) is 62.6. The summed E-state index contributed by atoms with van der Waals surface area (Å²) in [6.07, 6.45) is 28.0. The van der Waals surface area contributed by atoms with Gasteiger partial charge in [-0.15, -0.1) is 0 Å². The van der Waals surface area contributed by atoms with Gasteiger partial charge in [-0.1, -0.05) is 250 Å². The molecule has 11 atom stereocenters. The van der Waals surface area contributed by atoms with Gasteiger partial charge in [-0.2, -0.15) is 0 Å². The second-order valence-corrected chi connectivity index (χ2v) is 28.8. The van der Waals surface area contributed by atoms with E-state index in [9.17, 15) is 4.79 Å². The standard InChI is InChI=1S/C82H119N3O5/c1-6-8-10-11-12-13-14-15-16-32-53-85(80(86)90-65-71-45-30-21-31-46-71)54-33-36-66(3)74-47-48-75-79-76(60-78(82(74,75)5)89-57-35-52-84(63-69-41-26-19-27-42-69)64-70-43-28-20-29-44-70)81(4)50-49-73(58-72(81)59-77(79)88-55-9-7-2)87-56-34-51-83(61-67-37-22-17-23-38-67)62-68-39-24-18-25-40-68/h17-31,37-46,66,72-79H,6-16,32-36,47-65H2,1-5H3/t66?,72?,73-,74-,75+,76+,77-,78+,79?,81+,82-/m1/s1. The number of unbranched alkanes of at least 4 members (excludes halogenated alkanes) is 10. The Morgan fingerprint density at radius 1 is 0.489 bits per heavy atom. The molecule has 4 fully saturated rings. The highest BCUT2D eigenvalue weighted by atomic mass is 16.6. The minimum absolute atomic E-state index is 0.0173. The molecule has 0 saturated heterocycles. The van der Waals surface area contributed by atoms with E-state index in [1.165, 1.54) is 99.3 Å². The highest BCUT2D eigenvalue weighted by molar-refractivity contribution is 5.67. The number of benzene rings is 5. The van der Waals surface area contributed by atoms with Crippen molar-refractivity contribution >= 4 is 6.09 Å². The fraction of sp³-hybridized carbons (Fsp3) is 0.622. The largest absolute Gasteiger partial charge is 0.445 e. The molecule has 0 aliphatic heterocycles. The molecule has 0 spiro atoms. The molecule has 0 radical (unpaired) electrons. The first kappa shape index (κ1) is 69.5. The molecule has 4 aliphatic carbocycles. The van der Waals surface area contributed by atoms with Gasteiger partial charge in [-0.05, 0) is 152 Å². The zero-order valence-corrected chi connectivity index (χ0v) is 56.8. The van der Waals surface area contributed by atoms with E-state index in [1.807, 2.05) is 18.2 Å². The maximum atomic E-state index is 14.0. The molecule has 0 heterocycles. The fourth-order valence-corrected chi connectivity index (χ4v) is 17.6. The summed E-state index contributed by atoms with van der Waals surface area (Å²) in [5.41, 5.74) is 6.71. The van der Waals surface area contributed by atoms with E-state index in [0.717, 1.165) is 148 Å². The minimum Gasteiger partial charge on any atom is -0.445 e. The Bertz CT molecular complexity index is 2630. The third kappa shape index (κ3) is 20.3. The average molecular weight is 1230 g/mol. The topological polar surface area (TPSA) is 63.7 Å². The minimum atomic E-state index is -0.160. The SMILES string of the molecule is CCCCCCCCCCCCN(CCCC(C)[C@H]1CC[C@H]2C3[C@H](OCCCC)CC4C[C@H](OCCCN(Cc5ccccc5)Cc5ccccc5)CC[C@]4(C)[C@H]3C[C@H](OCCCN(Cc3ccccc3)Cc3ccccc3)[C@]12C)C(=O)OCc1ccccc1. The first-order valence-electron chi connectivity index (χ1n) is 36.5. The molecule has 5 aromatic rings. The number of carbonyl (C=O) groups is 1. The number of hydrogen-bond donors (Lipinski definition) is 0. The third-order valence-corrected chi connectivity index (χ3v) is 22.5. The summed E-state index contributed by atoms with van der Waals surface area (Å²) in [4.78, 5) is 21.3. The van der Waals surface area contributed by atoms with Crippen LogP contribution in [0, 0.1) is 46.3 Å². The van der Waals surface area contributed by atoms with Crippen LogP contribution in [-0.2, 0) is 51.7 Å². The maximum absolute atomic E-state index is 14.0. The predicted octanol–water partition coefficient (Wildman–Crippen LogP) is 20.0. The lowest BCUT2D eigenvalue weighted by molar-refractivity contribution is -0.228. The van der Waals surface area contributed by atoms with Crippen LogP contribution in [0.2, 0.25) is 0 Å². The van der Waals surface area contributed by atoms with Crippen LogP contribution in [0.3, 0.4) is 0 Å². The number of fused-ring (bicyclic) bond motifs is 5. The smallest absolute Gasteiger partial charge is 0.410 e. The number of ether oxygens (including phenoxy) is 4. The lowest BCUT2D eigenvalue weighted by Gasteiger charge is -2.65. The molecule has 492 valence electrons. The van der Waals surface area contributed by atoms with Crippen LogP contribution >= 0.6 is 0 Å². The van der Waals surface area contributed by atoms with Crippen LogP contribution in [0.1, 0.15) is 210 Å². The van der Waals surface area contributed by atoms with Gasteiger partial charge >= 0.3 is 6.09 Å². The molecule has 8 heteroatoms. The Kier molecular flexibility index (Phi) is 28.7. The summed E-state index contributed by atoms with van der Waals surface area (Å²) in [7, 11) is 0. The van der Waals surface area contributed by atoms with Crippen LogP contribution in [0.4, 0.5) is 4.79 Å². The molecule has 1 amide bonds. The van der Waals surface area contributed by atoms with Gasteiger partial charge in [0.15, 0.2) is 0 Å². The van der Waals surface area contributed by atoms with Gasteiger partial charge in [0.2, 0.25) is 0 Å². The molecule has 4 aliphatic rings. The molecule has 5 aromatic carbocycles. The first-order valence-corrected chi connectivity index (χ1v) is 36.5. The predicted molar refractivity (Wildman–Crippen MR) is 372 cm³/mol. The quantitative estimate of drug-likeness (QED) is 0.0362. The second kappa shape index (κ2) is 37.2. The van der Waals surface area contributed by atoms with Gasteiger partial charge in [0.25, 0.3) is 0 Å². The van der Waals surface area contributed by atoms with Gasteiger partial charge in [0, 0.05) is 77.6 Å². The summed E-state index contributed by atoms with van der Waals surface area (Å²) in [6.45, 7) is 22.6. The number of amides is 1. The van der Waals surface area contributed by atoms with Crippen molar-refractivity contribution in [2.24, 2.45) is 46.3 Å². The Balaban J connectivity index is 0.891. The molecule has 0 aromatic heterocycles. The molecule has 0 bridgehead atoms. The average Bonchev–Trinajstić information content (AvgIpc) is 1.29. The van der Waals surface area contributed by atoms with E-state index >= 15 is 0 Å². The highest BCUT2D eigenvalue weighted by Gasteiger charge is 2.66. The van der Waals surface area contributed by atoms with Gasteiger partial charge in [-0.3, -0.25) is 9.80 Å². The van der Waals surface area contributed by atoms with Crippen molar-refractivity contribution in [1.82, 2.24) is 14.7 Å². The maximum Gasteiger partial charge on any atom is 0.410 e. The molecule has 8 nitrogen and oxygen atoms in total. The molecule has 0 N–H and O–H groups in total. The number of carbonyl (C=O) groups excluding carboxylic acids is 1. The highest BCUT2D eigenvalue weighted by Crippen LogP contribution is 2.69. The number of nitrogens with zero attached hydrogens (tertiary/aromatic N) is 3. The van der Waals surface area contributed by atoms with E-state index in [0.29, 0.717) is 42.1 Å². The van der Waals surface area contributed by atoms with Crippen LogP contribution in [0.25, 0.3) is 0 Å². The summed E-state index contributed by atoms with van der Waals surface area (Å²) >= 11 is 0. The van der Waals surface area contributed by atoms with E-state index in [-0.39, 0.29) is 35.2 Å². The summed E-state index contributed by atoms with van der Waals surface area (Å²) < 4.78 is 28.1. The van der Waals surface area contributed by atoms with Crippen molar-refractivity contribution in [3.8, 4) is 0 Å². The van der Waals surface area contributed by atoms with Crippen molar-refractivity contribution in [3.05, 3.63) is 179 Å². The van der Waals surface area contributed by atoms with Crippen molar-refractivity contribution in [3.63, 3.8) is 0 Å². The summed E-state index contributed by atoms with van der Waals surface area (Å²) in [6, 6.07) is 54.1. The summed E-state index contributed by atoms with van der Waals surface area (Å²) in [5, 5.41) is 0. The van der Waals surface area contributed by atoms with Crippen LogP contribution < -0.4 is 0 Å². The van der Waals surface area contributed by atoms with Crippen molar-refractivity contribution < 1.29 is 23.7 Å². The first-order chi connectivity index (χ1) is 44.1. The molecule has 3 unspecified atom stereocenters. The van der Waals surface area contributed by atoms with Crippen LogP contribution in [0.5, 0.6) is 0 Å². The number of hydrogen-bond acceptors (Lipinski definition) is 7. The molecular formula is C82H119N3O5. The lowest BCUT2D eigenvalue weighted by atomic mass is 9.43. The molecule has 4 saturated carbocycles. The van der Waals surface area contributed by atoms with Gasteiger partial charge in [0.1, 0.15) is 6.61 Å².